The van der Waals surface area contributed by atoms with Crippen molar-refractivity contribution in [1.29, 1.82) is 0 Å². The van der Waals surface area contributed by atoms with Crippen LogP contribution in [0.25, 0.3) is 0 Å². The third kappa shape index (κ3) is 1.96. The van der Waals surface area contributed by atoms with Crippen molar-refractivity contribution in [3.05, 3.63) is 33.3 Å². The molecule has 0 aliphatic rings. The van der Waals surface area contributed by atoms with Gasteiger partial charge >= 0.3 is 5.97 Å². The number of rotatable bonds is 2. The summed E-state index contributed by atoms with van der Waals surface area (Å²) in [5, 5.41) is 7.96. The van der Waals surface area contributed by atoms with Crippen LogP contribution in [0.1, 0.15) is 22.3 Å². The zero-order valence-electron chi connectivity index (χ0n) is 6.60. The Labute approximate surface area is 88.1 Å². The predicted octanol–water partition coefficient (Wildman–Crippen LogP) is 3.63. The SMILES string of the molecule is O=C(O)c1c(Cl)ccc(C(F)F)c1Cl. The predicted molar refractivity (Wildman–Crippen MR) is 48.4 cm³/mol. The molecule has 0 heterocycles. The minimum Gasteiger partial charge on any atom is -0.478 e. The number of hydrogen-bond donors (Lipinski definition) is 1. The topological polar surface area (TPSA) is 37.3 Å². The molecule has 0 radical (unpaired) electrons. The van der Waals surface area contributed by atoms with Crippen LogP contribution in [0.3, 0.4) is 0 Å². The Balaban J connectivity index is 3.41. The molecule has 14 heavy (non-hydrogen) atoms. The molecule has 76 valence electrons. The molecule has 0 unspecified atom stereocenters. The molecule has 0 aliphatic carbocycles. The number of benzene rings is 1. The largest absolute Gasteiger partial charge is 0.478 e. The Morgan fingerprint density at radius 2 is 1.93 bits per heavy atom. The van der Waals surface area contributed by atoms with Gasteiger partial charge in [-0.2, -0.15) is 0 Å². The average molecular weight is 241 g/mol. The Morgan fingerprint density at radius 1 is 1.36 bits per heavy atom. The fourth-order valence-corrected chi connectivity index (χ4v) is 1.55. The maximum Gasteiger partial charge on any atom is 0.338 e. The van der Waals surface area contributed by atoms with E-state index in [2.05, 4.69) is 0 Å². The zero-order chi connectivity index (χ0) is 10.9. The molecule has 0 spiro atoms. The maximum atomic E-state index is 12.3. The molecule has 0 bridgehead atoms. The third-order valence-corrected chi connectivity index (χ3v) is 2.29. The second-order valence-electron chi connectivity index (χ2n) is 2.43. The molecule has 0 aromatic heterocycles. The van der Waals surface area contributed by atoms with Crippen LogP contribution in [0, 0.1) is 0 Å². The van der Waals surface area contributed by atoms with Crippen molar-refractivity contribution in [3.63, 3.8) is 0 Å². The first-order valence-electron chi connectivity index (χ1n) is 3.44. The van der Waals surface area contributed by atoms with E-state index in [1.54, 1.807) is 0 Å². The van der Waals surface area contributed by atoms with Gasteiger partial charge in [-0.1, -0.05) is 29.3 Å². The van der Waals surface area contributed by atoms with Gasteiger partial charge in [-0.3, -0.25) is 0 Å². The highest BCUT2D eigenvalue weighted by Crippen LogP contribution is 2.33. The van der Waals surface area contributed by atoms with Gasteiger partial charge in [-0.15, -0.1) is 0 Å². The lowest BCUT2D eigenvalue weighted by Gasteiger charge is -2.07. The molecule has 0 fully saturated rings. The van der Waals surface area contributed by atoms with Gasteiger partial charge in [0.2, 0.25) is 0 Å². The molecule has 0 amide bonds. The van der Waals surface area contributed by atoms with Gasteiger partial charge in [0.1, 0.15) is 0 Å². The van der Waals surface area contributed by atoms with Gasteiger partial charge in [0, 0.05) is 5.56 Å². The highest BCUT2D eigenvalue weighted by atomic mass is 35.5. The molecule has 6 heteroatoms. The zero-order valence-corrected chi connectivity index (χ0v) is 8.11. The van der Waals surface area contributed by atoms with Crippen LogP contribution in [-0.2, 0) is 0 Å². The lowest BCUT2D eigenvalue weighted by atomic mass is 10.1. The summed E-state index contributed by atoms with van der Waals surface area (Å²) in [7, 11) is 0. The van der Waals surface area contributed by atoms with Crippen LogP contribution in [0.5, 0.6) is 0 Å². The number of carbonyl (C=O) groups is 1. The van der Waals surface area contributed by atoms with E-state index in [1.807, 2.05) is 0 Å². The number of halogens is 4. The van der Waals surface area contributed by atoms with Crippen LogP contribution in [0.15, 0.2) is 12.1 Å². The van der Waals surface area contributed by atoms with Crippen molar-refractivity contribution in [1.82, 2.24) is 0 Å². The number of hydrogen-bond acceptors (Lipinski definition) is 1. The molecule has 1 aromatic carbocycles. The van der Waals surface area contributed by atoms with Crippen molar-refractivity contribution in [2.24, 2.45) is 0 Å². The highest BCUT2D eigenvalue weighted by molar-refractivity contribution is 6.39. The summed E-state index contributed by atoms with van der Waals surface area (Å²) < 4.78 is 24.6. The lowest BCUT2D eigenvalue weighted by molar-refractivity contribution is 0.0697. The minimum atomic E-state index is -2.82. The normalized spacial score (nSPS) is 10.6. The number of carboxylic acids is 1. The standard InChI is InChI=1S/C8H4Cl2F2O2/c9-4-2-1-3(7(11)12)6(10)5(4)8(13)14/h1-2,7H,(H,13,14). The van der Waals surface area contributed by atoms with Crippen LogP contribution >= 0.6 is 23.2 Å². The summed E-state index contributed by atoms with van der Waals surface area (Å²) in [5.74, 6) is -1.43. The number of aromatic carboxylic acids is 1. The van der Waals surface area contributed by atoms with E-state index in [0.717, 1.165) is 12.1 Å². The van der Waals surface area contributed by atoms with Crippen molar-refractivity contribution in [2.45, 2.75) is 6.43 Å². The van der Waals surface area contributed by atoms with E-state index < -0.39 is 28.5 Å². The summed E-state index contributed by atoms with van der Waals surface area (Å²) in [6, 6.07) is 2.08. The molecule has 2 nitrogen and oxygen atoms in total. The van der Waals surface area contributed by atoms with Crippen LogP contribution in [0.4, 0.5) is 8.78 Å². The number of alkyl halides is 2. The minimum absolute atomic E-state index is 0.160. The van der Waals surface area contributed by atoms with Gasteiger partial charge < -0.3 is 5.11 Å². The lowest BCUT2D eigenvalue weighted by Crippen LogP contribution is -2.01. The van der Waals surface area contributed by atoms with Crippen LogP contribution in [-0.4, -0.2) is 11.1 Å². The van der Waals surface area contributed by atoms with Gasteiger partial charge in [-0.25, -0.2) is 13.6 Å². The molecule has 1 rings (SSSR count). The molecular weight excluding hydrogens is 237 g/mol. The van der Waals surface area contributed by atoms with Gasteiger partial charge in [0.25, 0.3) is 6.43 Å². The van der Waals surface area contributed by atoms with Gasteiger partial charge in [0.15, 0.2) is 0 Å². The van der Waals surface area contributed by atoms with Crippen molar-refractivity contribution in [3.8, 4) is 0 Å². The molecule has 1 N–H and O–H groups in total. The smallest absolute Gasteiger partial charge is 0.338 e. The average Bonchev–Trinajstić information content (AvgIpc) is 2.02. The van der Waals surface area contributed by atoms with E-state index in [0.29, 0.717) is 0 Å². The molecular formula is C8H4Cl2F2O2. The van der Waals surface area contributed by atoms with Crippen molar-refractivity contribution >= 4 is 29.2 Å². The molecule has 0 saturated heterocycles. The molecule has 1 aromatic rings. The Bertz CT molecular complexity index is 380. The van der Waals surface area contributed by atoms with Crippen LogP contribution < -0.4 is 0 Å². The fourth-order valence-electron chi connectivity index (χ4n) is 0.933. The fraction of sp³-hybridized carbons (Fsp3) is 0.125. The summed E-state index contributed by atoms with van der Waals surface area (Å²) >= 11 is 10.9. The number of carboxylic acid groups (broad SMARTS) is 1. The maximum absolute atomic E-state index is 12.3. The quantitative estimate of drug-likeness (QED) is 0.858. The van der Waals surface area contributed by atoms with E-state index in [9.17, 15) is 13.6 Å². The van der Waals surface area contributed by atoms with E-state index in [-0.39, 0.29) is 5.02 Å². The van der Waals surface area contributed by atoms with Gasteiger partial charge in [-0.05, 0) is 6.07 Å². The van der Waals surface area contributed by atoms with E-state index in [4.69, 9.17) is 28.3 Å². The van der Waals surface area contributed by atoms with E-state index in [1.165, 1.54) is 0 Å². The second-order valence-corrected chi connectivity index (χ2v) is 3.22. The molecule has 0 aliphatic heterocycles. The Kier molecular flexibility index (Phi) is 3.29. The summed E-state index contributed by atoms with van der Waals surface area (Å²) in [6.07, 6.45) is -2.82. The first kappa shape index (κ1) is 11.2. The second kappa shape index (κ2) is 4.11. The Morgan fingerprint density at radius 3 is 2.36 bits per heavy atom. The van der Waals surface area contributed by atoms with E-state index >= 15 is 0 Å². The first-order valence-corrected chi connectivity index (χ1v) is 4.20. The summed E-state index contributed by atoms with van der Waals surface area (Å²) in [5.41, 5.74) is -1.03. The third-order valence-electron chi connectivity index (χ3n) is 1.57. The highest BCUT2D eigenvalue weighted by Gasteiger charge is 2.21. The monoisotopic (exact) mass is 240 g/mol. The van der Waals surface area contributed by atoms with Crippen LogP contribution in [0.2, 0.25) is 10.0 Å². The van der Waals surface area contributed by atoms with Crippen molar-refractivity contribution < 1.29 is 18.7 Å². The molecule has 0 saturated carbocycles. The summed E-state index contributed by atoms with van der Waals surface area (Å²) in [4.78, 5) is 10.6. The van der Waals surface area contributed by atoms with Gasteiger partial charge in [0.05, 0.1) is 15.6 Å². The van der Waals surface area contributed by atoms with Crippen molar-refractivity contribution in [2.75, 3.05) is 0 Å². The summed E-state index contributed by atoms with van der Waals surface area (Å²) in [6.45, 7) is 0. The Hall–Kier alpha value is -0.870. The molecule has 0 atom stereocenters. The first-order chi connectivity index (χ1) is 6.45.